The Bertz CT molecular complexity index is 483. The molecule has 2 N–H and O–H groups in total. The topological polar surface area (TPSA) is 71.4 Å². The van der Waals surface area contributed by atoms with Crippen LogP contribution in [-0.4, -0.2) is 18.9 Å². The van der Waals surface area contributed by atoms with Gasteiger partial charge in [0, 0.05) is 18.5 Å². The molecular weight excluding hydrogens is 285 g/mol. The Morgan fingerprint density at radius 3 is 2.79 bits per heavy atom. The number of nitriles is 1. The van der Waals surface area contributed by atoms with Crippen LogP contribution >= 0.6 is 23.2 Å². The van der Waals surface area contributed by atoms with E-state index in [1.54, 1.807) is 12.1 Å². The lowest BCUT2D eigenvalue weighted by atomic mass is 10.1. The van der Waals surface area contributed by atoms with Crippen molar-refractivity contribution in [1.29, 1.82) is 5.26 Å². The minimum atomic E-state index is 0.350. The maximum absolute atomic E-state index is 8.57. The van der Waals surface area contributed by atoms with Gasteiger partial charge in [-0.2, -0.15) is 5.26 Å². The summed E-state index contributed by atoms with van der Waals surface area (Å²) in [6.07, 6.45) is 1.81. The zero-order valence-electron chi connectivity index (χ0n) is 10.4. The Kier molecular flexibility index (Phi) is 7.27. The molecule has 0 aliphatic carbocycles. The molecule has 0 aliphatic heterocycles. The molecule has 1 aromatic rings. The van der Waals surface area contributed by atoms with Crippen LogP contribution in [0.2, 0.25) is 10.0 Å². The largest absolute Gasteiger partial charge is 0.394 e. The van der Waals surface area contributed by atoms with Crippen molar-refractivity contribution in [3.63, 3.8) is 0 Å². The second-order valence-corrected chi connectivity index (χ2v) is 4.61. The highest BCUT2D eigenvalue weighted by Gasteiger charge is 2.07. The highest BCUT2D eigenvalue weighted by Crippen LogP contribution is 2.23. The monoisotopic (exact) mass is 299 g/mol. The summed E-state index contributed by atoms with van der Waals surface area (Å²) < 4.78 is 0. The van der Waals surface area contributed by atoms with Crippen molar-refractivity contribution >= 4 is 28.9 Å². The molecule has 6 heteroatoms. The van der Waals surface area contributed by atoms with Crippen molar-refractivity contribution in [2.24, 2.45) is 10.9 Å². The van der Waals surface area contributed by atoms with Gasteiger partial charge in [0.25, 0.3) is 0 Å². The summed E-state index contributed by atoms with van der Waals surface area (Å²) in [6.45, 7) is 0.749. The first-order chi connectivity index (χ1) is 9.19. The van der Waals surface area contributed by atoms with Gasteiger partial charge in [-0.25, -0.2) is 0 Å². The molecule has 0 aromatic heterocycles. The fourth-order valence-corrected chi connectivity index (χ4v) is 1.73. The smallest absolute Gasteiger partial charge is 0.129 e. The first-order valence-corrected chi connectivity index (χ1v) is 6.66. The predicted octanol–water partition coefficient (Wildman–Crippen LogP) is 3.37. The number of halogens is 2. The molecular formula is C13H15Cl2N3O. The first-order valence-electron chi connectivity index (χ1n) is 5.90. The van der Waals surface area contributed by atoms with Crippen LogP contribution in [0.1, 0.15) is 24.8 Å². The number of rotatable bonds is 7. The van der Waals surface area contributed by atoms with Crippen LogP contribution in [0.3, 0.4) is 0 Å². The molecule has 0 radical (unpaired) electrons. The quantitative estimate of drug-likeness (QED) is 0.477. The number of nitrogens with two attached hydrogens (primary N) is 1. The molecule has 0 spiro atoms. The minimum absolute atomic E-state index is 0.350. The molecule has 0 atom stereocenters. The number of hydrogen-bond donors (Lipinski definition) is 1. The number of benzene rings is 1. The van der Waals surface area contributed by atoms with Crippen molar-refractivity contribution < 1.29 is 4.84 Å². The third-order valence-corrected chi connectivity index (χ3v) is 3.08. The van der Waals surface area contributed by atoms with E-state index in [1.807, 2.05) is 6.07 Å². The summed E-state index contributed by atoms with van der Waals surface area (Å²) in [7, 11) is 0. The molecule has 1 aromatic carbocycles. The fraction of sp³-hybridized carbons (Fsp3) is 0.385. The van der Waals surface area contributed by atoms with Crippen LogP contribution in [0.5, 0.6) is 0 Å². The Balaban J connectivity index is 2.84. The van der Waals surface area contributed by atoms with Gasteiger partial charge in [0.15, 0.2) is 0 Å². The van der Waals surface area contributed by atoms with Gasteiger partial charge >= 0.3 is 0 Å². The van der Waals surface area contributed by atoms with E-state index in [-0.39, 0.29) is 0 Å². The number of nitrogens with zero attached hydrogens (tertiary/aromatic N) is 2. The number of oxime groups is 1. The Labute approximate surface area is 122 Å². The van der Waals surface area contributed by atoms with Crippen LogP contribution < -0.4 is 5.73 Å². The second-order valence-electron chi connectivity index (χ2n) is 3.80. The van der Waals surface area contributed by atoms with Gasteiger partial charge in [0.2, 0.25) is 0 Å². The van der Waals surface area contributed by atoms with Crippen molar-refractivity contribution in [1.82, 2.24) is 0 Å². The Morgan fingerprint density at radius 1 is 1.37 bits per heavy atom. The maximum atomic E-state index is 8.57. The zero-order valence-corrected chi connectivity index (χ0v) is 11.9. The van der Waals surface area contributed by atoms with E-state index in [4.69, 9.17) is 39.0 Å². The molecule has 1 rings (SSSR count). The molecule has 19 heavy (non-hydrogen) atoms. The summed E-state index contributed by atoms with van der Waals surface area (Å²) in [5, 5.41) is 13.6. The van der Waals surface area contributed by atoms with Crippen LogP contribution in [0.15, 0.2) is 23.4 Å². The van der Waals surface area contributed by atoms with E-state index in [0.717, 1.165) is 11.3 Å². The van der Waals surface area contributed by atoms with E-state index < -0.39 is 0 Å². The normalized spacial score (nSPS) is 11.2. The zero-order chi connectivity index (χ0) is 14.1. The molecule has 0 heterocycles. The molecule has 0 saturated carbocycles. The van der Waals surface area contributed by atoms with Gasteiger partial charge in [-0.3, -0.25) is 0 Å². The lowest BCUT2D eigenvalue weighted by molar-refractivity contribution is 0.152. The van der Waals surface area contributed by atoms with Gasteiger partial charge in [-0.1, -0.05) is 34.4 Å². The van der Waals surface area contributed by atoms with Crippen LogP contribution in [0.4, 0.5) is 0 Å². The third kappa shape index (κ3) is 5.48. The summed E-state index contributed by atoms with van der Waals surface area (Å²) in [5.74, 6) is 0. The van der Waals surface area contributed by atoms with E-state index >= 15 is 0 Å². The molecule has 0 unspecified atom stereocenters. The van der Waals surface area contributed by atoms with Gasteiger partial charge < -0.3 is 10.6 Å². The lowest BCUT2D eigenvalue weighted by Crippen LogP contribution is -2.08. The minimum Gasteiger partial charge on any atom is -0.394 e. The van der Waals surface area contributed by atoms with Crippen LogP contribution in [0.25, 0.3) is 0 Å². The molecule has 0 fully saturated rings. The highest BCUT2D eigenvalue weighted by atomic mass is 35.5. The van der Waals surface area contributed by atoms with Gasteiger partial charge in [-0.05, 0) is 25.0 Å². The average molecular weight is 300 g/mol. The molecule has 0 aliphatic rings. The van der Waals surface area contributed by atoms with Gasteiger partial charge in [0.05, 0.1) is 21.8 Å². The number of hydrogen-bond acceptors (Lipinski definition) is 4. The highest BCUT2D eigenvalue weighted by molar-refractivity contribution is 6.42. The van der Waals surface area contributed by atoms with E-state index in [9.17, 15) is 0 Å². The molecule has 0 amide bonds. The summed E-state index contributed by atoms with van der Waals surface area (Å²) >= 11 is 11.9. The van der Waals surface area contributed by atoms with Crippen molar-refractivity contribution in [2.45, 2.75) is 19.3 Å². The van der Waals surface area contributed by atoms with Gasteiger partial charge in [0.1, 0.15) is 6.61 Å². The molecule has 102 valence electrons. The summed E-state index contributed by atoms with van der Waals surface area (Å²) in [5.41, 5.74) is 6.92. The molecule has 0 saturated heterocycles. The van der Waals surface area contributed by atoms with Crippen molar-refractivity contribution in [3.05, 3.63) is 33.8 Å². The van der Waals surface area contributed by atoms with Gasteiger partial charge in [-0.15, -0.1) is 0 Å². The second kappa shape index (κ2) is 8.76. The van der Waals surface area contributed by atoms with Crippen LogP contribution in [0, 0.1) is 11.3 Å². The fourth-order valence-electron chi connectivity index (χ4n) is 1.43. The standard InChI is InChI=1S/C13H15Cl2N3O/c14-11-5-4-10(9-12(11)15)13(3-1-2-6-16)18-19-8-7-17/h4-5,9H,1-3,7-8,17H2. The van der Waals surface area contributed by atoms with E-state index in [0.29, 0.717) is 42.5 Å². The average Bonchev–Trinajstić information content (AvgIpc) is 2.41. The maximum Gasteiger partial charge on any atom is 0.129 e. The molecule has 0 bridgehead atoms. The van der Waals surface area contributed by atoms with Crippen LogP contribution in [-0.2, 0) is 4.84 Å². The lowest BCUT2D eigenvalue weighted by Gasteiger charge is -2.07. The summed E-state index contributed by atoms with van der Waals surface area (Å²) in [4.78, 5) is 5.10. The summed E-state index contributed by atoms with van der Waals surface area (Å²) in [6, 6.07) is 7.37. The van der Waals surface area contributed by atoms with Crippen molar-refractivity contribution in [2.75, 3.05) is 13.2 Å². The van der Waals surface area contributed by atoms with Crippen molar-refractivity contribution in [3.8, 4) is 6.07 Å². The third-order valence-electron chi connectivity index (χ3n) is 2.34. The Morgan fingerprint density at radius 2 is 2.16 bits per heavy atom. The first kappa shape index (κ1) is 15.8. The SMILES string of the molecule is N#CCCCC(=NOCCN)c1ccc(Cl)c(Cl)c1. The van der Waals surface area contributed by atoms with E-state index in [1.165, 1.54) is 0 Å². The molecule has 4 nitrogen and oxygen atoms in total. The van der Waals surface area contributed by atoms with E-state index in [2.05, 4.69) is 11.2 Å². The Hall–Kier alpha value is -1.28. The number of unbranched alkanes of at least 4 members (excludes halogenated alkanes) is 1. The predicted molar refractivity (Wildman–Crippen MR) is 77.5 cm³/mol.